The number of nitrogens with zero attached hydrogens (tertiary/aromatic N) is 3. The zero-order valence-electron chi connectivity index (χ0n) is 21.6. The lowest BCUT2D eigenvalue weighted by Crippen LogP contribution is -2.49. The number of primary amides is 1. The van der Waals surface area contributed by atoms with E-state index in [1.165, 1.54) is 4.90 Å². The molecule has 0 aliphatic heterocycles. The maximum absolute atomic E-state index is 14.3. The van der Waals surface area contributed by atoms with Gasteiger partial charge in [0.2, 0.25) is 11.8 Å². The first kappa shape index (κ1) is 28.6. The number of hydrogen-bond donors (Lipinski definition) is 3. The Bertz CT molecular complexity index is 1230. The molecule has 0 radical (unpaired) electrons. The summed E-state index contributed by atoms with van der Waals surface area (Å²) in [5.41, 5.74) is 15.4. The molecule has 2 amide bonds. The Morgan fingerprint density at radius 2 is 1.54 bits per heavy atom. The van der Waals surface area contributed by atoms with E-state index in [2.05, 4.69) is 4.99 Å². The SMILES string of the molecule is COc1ccc(CN(C(=O)C(c2ccccc2)c2ccccc2)[C@@H](CCCN=C(N)N[N+](=O)[O-])C(N)=O)cc1. The number of guanidine groups is 1. The monoisotopic (exact) mass is 532 g/mol. The number of carbonyl (C=O) groups is 2. The molecule has 11 nitrogen and oxygen atoms in total. The maximum Gasteiger partial charge on any atom is 0.251 e. The van der Waals surface area contributed by atoms with Crippen LogP contribution in [0.5, 0.6) is 5.75 Å². The molecular formula is C28H32N6O5. The van der Waals surface area contributed by atoms with Crippen LogP contribution in [0.2, 0.25) is 0 Å². The summed E-state index contributed by atoms with van der Waals surface area (Å²) < 4.78 is 5.25. The number of ether oxygens (including phenoxy) is 1. The molecule has 0 unspecified atom stereocenters. The highest BCUT2D eigenvalue weighted by Crippen LogP contribution is 2.29. The highest BCUT2D eigenvalue weighted by Gasteiger charge is 2.34. The molecule has 3 rings (SSSR count). The van der Waals surface area contributed by atoms with Crippen LogP contribution in [0, 0.1) is 10.1 Å². The first-order chi connectivity index (χ1) is 18.8. The number of carbonyl (C=O) groups excluding carboxylic acids is 2. The average molecular weight is 533 g/mol. The number of rotatable bonds is 13. The number of nitro groups is 1. The molecule has 0 bridgehead atoms. The Hall–Kier alpha value is -4.93. The van der Waals surface area contributed by atoms with Crippen LogP contribution in [0.1, 0.15) is 35.4 Å². The molecule has 3 aromatic rings. The molecule has 3 aromatic carbocycles. The normalized spacial score (nSPS) is 12.0. The molecule has 0 heterocycles. The summed E-state index contributed by atoms with van der Waals surface area (Å²) in [6, 6.07) is 24.9. The van der Waals surface area contributed by atoms with Crippen molar-refractivity contribution in [2.45, 2.75) is 31.3 Å². The van der Waals surface area contributed by atoms with Crippen molar-refractivity contribution in [1.82, 2.24) is 10.3 Å². The molecule has 0 saturated carbocycles. The number of benzene rings is 3. The van der Waals surface area contributed by atoms with E-state index in [1.807, 2.05) is 72.8 Å². The molecule has 204 valence electrons. The minimum Gasteiger partial charge on any atom is -0.497 e. The van der Waals surface area contributed by atoms with Gasteiger partial charge in [-0.25, -0.2) is 15.1 Å². The van der Waals surface area contributed by atoms with Crippen molar-refractivity contribution in [2.75, 3.05) is 13.7 Å². The van der Waals surface area contributed by atoms with Crippen molar-refractivity contribution >= 4 is 17.8 Å². The zero-order valence-corrected chi connectivity index (χ0v) is 21.6. The van der Waals surface area contributed by atoms with Crippen molar-refractivity contribution in [2.24, 2.45) is 16.5 Å². The second-order valence-electron chi connectivity index (χ2n) is 8.76. The molecule has 0 spiro atoms. The predicted octanol–water partition coefficient (Wildman–Crippen LogP) is 2.59. The largest absolute Gasteiger partial charge is 0.497 e. The standard InChI is InChI=1S/C28H32N6O5/c1-39-23-16-14-20(15-17-23)19-33(24(26(29)35)13-8-18-31-28(30)32-34(37)38)27(36)25(21-9-4-2-5-10-21)22-11-6-3-7-12-22/h2-7,9-12,14-17,24-25H,8,13,18-19H2,1H3,(H2,29,35)(H3,30,31,32)/t24-/m0/s1. The van der Waals surface area contributed by atoms with Crippen molar-refractivity contribution in [3.63, 3.8) is 0 Å². The minimum atomic E-state index is -0.963. The molecule has 39 heavy (non-hydrogen) atoms. The van der Waals surface area contributed by atoms with Crippen molar-refractivity contribution in [3.05, 3.63) is 112 Å². The Labute approximate surface area is 226 Å². The number of nitrogens with one attached hydrogen (secondary N) is 1. The number of methoxy groups -OCH3 is 1. The van der Waals surface area contributed by atoms with E-state index in [0.717, 1.165) is 16.7 Å². The van der Waals surface area contributed by atoms with Gasteiger partial charge in [0.25, 0.3) is 5.96 Å². The number of nitrogens with two attached hydrogens (primary N) is 2. The van der Waals surface area contributed by atoms with Gasteiger partial charge < -0.3 is 21.1 Å². The van der Waals surface area contributed by atoms with Gasteiger partial charge in [0.15, 0.2) is 5.03 Å². The molecular weight excluding hydrogens is 500 g/mol. The summed E-state index contributed by atoms with van der Waals surface area (Å²) in [7, 11) is 1.56. The highest BCUT2D eigenvalue weighted by molar-refractivity contribution is 5.92. The van der Waals surface area contributed by atoms with Crippen molar-refractivity contribution in [1.29, 1.82) is 0 Å². The fraction of sp³-hybridized carbons (Fsp3) is 0.250. The average Bonchev–Trinajstić information content (AvgIpc) is 2.93. The summed E-state index contributed by atoms with van der Waals surface area (Å²) in [4.78, 5) is 43.0. The maximum atomic E-state index is 14.3. The molecule has 11 heteroatoms. The third kappa shape index (κ3) is 8.29. The summed E-state index contributed by atoms with van der Waals surface area (Å²) in [5, 5.41) is 9.72. The molecule has 0 aliphatic carbocycles. The van der Waals surface area contributed by atoms with E-state index in [4.69, 9.17) is 16.2 Å². The topological polar surface area (TPSA) is 166 Å². The number of amides is 2. The molecule has 0 aromatic heterocycles. The fourth-order valence-corrected chi connectivity index (χ4v) is 4.27. The van der Waals surface area contributed by atoms with Crippen LogP contribution in [0.3, 0.4) is 0 Å². The Kier molecular flexibility index (Phi) is 10.4. The second kappa shape index (κ2) is 14.1. The number of hydrogen-bond acceptors (Lipinski definition) is 6. The van der Waals surface area contributed by atoms with Crippen LogP contribution in [0.25, 0.3) is 0 Å². The van der Waals surface area contributed by atoms with Crippen LogP contribution in [-0.2, 0) is 16.1 Å². The van der Waals surface area contributed by atoms with Gasteiger partial charge >= 0.3 is 0 Å². The highest BCUT2D eigenvalue weighted by atomic mass is 16.7. The third-order valence-corrected chi connectivity index (χ3v) is 6.14. The van der Waals surface area contributed by atoms with Gasteiger partial charge in [0.05, 0.1) is 13.0 Å². The van der Waals surface area contributed by atoms with E-state index < -0.39 is 22.9 Å². The van der Waals surface area contributed by atoms with Gasteiger partial charge in [-0.05, 0) is 41.7 Å². The first-order valence-corrected chi connectivity index (χ1v) is 12.3. The van der Waals surface area contributed by atoms with Crippen LogP contribution in [-0.4, -0.2) is 47.4 Å². The van der Waals surface area contributed by atoms with Gasteiger partial charge in [-0.15, -0.1) is 0 Å². The Morgan fingerprint density at radius 1 is 0.974 bits per heavy atom. The van der Waals surface area contributed by atoms with Gasteiger partial charge in [0, 0.05) is 13.1 Å². The molecule has 0 aliphatic rings. The first-order valence-electron chi connectivity index (χ1n) is 12.3. The zero-order chi connectivity index (χ0) is 28.2. The van der Waals surface area contributed by atoms with Gasteiger partial charge in [-0.3, -0.25) is 9.59 Å². The summed E-state index contributed by atoms with van der Waals surface area (Å²) >= 11 is 0. The summed E-state index contributed by atoms with van der Waals surface area (Å²) in [6.45, 7) is 0.225. The van der Waals surface area contributed by atoms with Crippen LogP contribution in [0.4, 0.5) is 0 Å². The molecule has 0 fully saturated rings. The van der Waals surface area contributed by atoms with Gasteiger partial charge in [-0.1, -0.05) is 78.2 Å². The van der Waals surface area contributed by atoms with Gasteiger partial charge in [-0.2, -0.15) is 0 Å². The predicted molar refractivity (Wildman–Crippen MR) is 147 cm³/mol. The number of aliphatic imine (C=N–C) groups is 1. The summed E-state index contributed by atoms with van der Waals surface area (Å²) in [6.07, 6.45) is 0.490. The Morgan fingerprint density at radius 3 is 2.03 bits per heavy atom. The smallest absolute Gasteiger partial charge is 0.251 e. The van der Waals surface area contributed by atoms with E-state index in [0.29, 0.717) is 12.2 Å². The van der Waals surface area contributed by atoms with Crippen molar-refractivity contribution < 1.29 is 19.4 Å². The molecule has 1 atom stereocenters. The molecule has 0 saturated heterocycles. The van der Waals surface area contributed by atoms with E-state index in [1.54, 1.807) is 24.7 Å². The lowest BCUT2D eigenvalue weighted by Gasteiger charge is -2.33. The third-order valence-electron chi connectivity index (χ3n) is 6.14. The van der Waals surface area contributed by atoms with Crippen molar-refractivity contribution in [3.8, 4) is 5.75 Å². The quantitative estimate of drug-likeness (QED) is 0.1000. The second-order valence-corrected chi connectivity index (χ2v) is 8.76. The lowest BCUT2D eigenvalue weighted by molar-refractivity contribution is -0.525. The molecule has 5 N–H and O–H groups in total. The van der Waals surface area contributed by atoms with Crippen LogP contribution >= 0.6 is 0 Å². The van der Waals surface area contributed by atoms with E-state index in [-0.39, 0.29) is 31.4 Å². The Balaban J connectivity index is 1.96. The van der Waals surface area contributed by atoms with E-state index >= 15 is 0 Å². The lowest BCUT2D eigenvalue weighted by atomic mass is 9.89. The van der Waals surface area contributed by atoms with Crippen LogP contribution in [0.15, 0.2) is 89.9 Å². The van der Waals surface area contributed by atoms with Gasteiger partial charge in [0.1, 0.15) is 11.8 Å². The fourth-order valence-electron chi connectivity index (χ4n) is 4.27. The number of hydrazine groups is 1. The van der Waals surface area contributed by atoms with E-state index in [9.17, 15) is 19.7 Å². The summed E-state index contributed by atoms with van der Waals surface area (Å²) in [5.74, 6) is -1.32. The van der Waals surface area contributed by atoms with Crippen LogP contribution < -0.4 is 21.6 Å². The minimum absolute atomic E-state index is 0.0990.